The molecular weight excluding hydrogens is 226 g/mol. The number of nitrogens with zero attached hydrogens (tertiary/aromatic N) is 1. The normalized spacial score (nSPS) is 14.8. The largest absolute Gasteiger partial charge is 0.550 e. The molecule has 0 aliphatic carbocycles. The van der Waals surface area contributed by atoms with Crippen LogP contribution < -0.4 is 5.11 Å². The van der Waals surface area contributed by atoms with Gasteiger partial charge in [0.05, 0.1) is 21.1 Å². The van der Waals surface area contributed by atoms with Gasteiger partial charge in [-0.25, -0.2) is 0 Å². The SMILES string of the molecule is CC(C=O)C(=O)OC(CC(=O)[O-])C[N+](C)(C)C. The lowest BCUT2D eigenvalue weighted by molar-refractivity contribution is -0.873. The molecule has 0 aliphatic rings. The number of quaternary nitrogens is 1. The van der Waals surface area contributed by atoms with Crippen LogP contribution in [0.15, 0.2) is 0 Å². The molecule has 17 heavy (non-hydrogen) atoms. The quantitative estimate of drug-likeness (QED) is 0.238. The van der Waals surface area contributed by atoms with Crippen LogP contribution in [0.3, 0.4) is 0 Å². The first-order chi connectivity index (χ1) is 7.65. The van der Waals surface area contributed by atoms with Crippen LogP contribution >= 0.6 is 0 Å². The summed E-state index contributed by atoms with van der Waals surface area (Å²) in [5, 5.41) is 10.5. The zero-order chi connectivity index (χ0) is 13.6. The van der Waals surface area contributed by atoms with Gasteiger partial charge in [0.1, 0.15) is 18.7 Å². The molecule has 0 aromatic rings. The molecule has 0 rings (SSSR count). The van der Waals surface area contributed by atoms with Crippen molar-refractivity contribution in [2.45, 2.75) is 19.4 Å². The molecule has 98 valence electrons. The number of carbonyl (C=O) groups is 3. The fourth-order valence-corrected chi connectivity index (χ4v) is 1.27. The summed E-state index contributed by atoms with van der Waals surface area (Å²) in [4.78, 5) is 32.3. The van der Waals surface area contributed by atoms with Crippen molar-refractivity contribution in [1.29, 1.82) is 0 Å². The zero-order valence-electron chi connectivity index (χ0n) is 10.6. The molecule has 0 amide bonds. The van der Waals surface area contributed by atoms with Crippen LogP contribution in [0.2, 0.25) is 0 Å². The Morgan fingerprint density at radius 1 is 1.35 bits per heavy atom. The molecule has 0 radical (unpaired) electrons. The van der Waals surface area contributed by atoms with E-state index in [-0.39, 0.29) is 6.42 Å². The average molecular weight is 245 g/mol. The van der Waals surface area contributed by atoms with Crippen molar-refractivity contribution < 1.29 is 28.7 Å². The minimum absolute atomic E-state index is 0.339. The highest BCUT2D eigenvalue weighted by molar-refractivity contribution is 5.87. The number of ether oxygens (including phenoxy) is 1. The monoisotopic (exact) mass is 245 g/mol. The summed E-state index contributed by atoms with van der Waals surface area (Å²) in [6.45, 7) is 1.74. The maximum absolute atomic E-state index is 11.4. The molecule has 0 saturated heterocycles. The predicted octanol–water partition coefficient (Wildman–Crippen LogP) is -1.42. The number of carbonyl (C=O) groups excluding carboxylic acids is 3. The van der Waals surface area contributed by atoms with Crippen LogP contribution in [0.25, 0.3) is 0 Å². The summed E-state index contributed by atoms with van der Waals surface area (Å²) in [5.41, 5.74) is 0. The predicted molar refractivity (Wildman–Crippen MR) is 57.6 cm³/mol. The summed E-state index contributed by atoms with van der Waals surface area (Å²) < 4.78 is 5.43. The van der Waals surface area contributed by atoms with Crippen LogP contribution in [0.5, 0.6) is 0 Å². The molecule has 0 spiro atoms. The molecular formula is C11H19NO5. The highest BCUT2D eigenvalue weighted by Crippen LogP contribution is 2.07. The number of esters is 1. The third-order valence-corrected chi connectivity index (χ3v) is 2.00. The molecule has 0 aromatic heterocycles. The van der Waals surface area contributed by atoms with Gasteiger partial charge in [-0.05, 0) is 6.92 Å². The van der Waals surface area contributed by atoms with Crippen LogP contribution in [0.1, 0.15) is 13.3 Å². The van der Waals surface area contributed by atoms with Crippen molar-refractivity contribution in [3.63, 3.8) is 0 Å². The number of hydrogen-bond acceptors (Lipinski definition) is 5. The first-order valence-electron chi connectivity index (χ1n) is 5.32. The molecule has 2 atom stereocenters. The smallest absolute Gasteiger partial charge is 0.316 e. The van der Waals surface area contributed by atoms with Gasteiger partial charge in [-0.15, -0.1) is 0 Å². The summed E-state index contributed by atoms with van der Waals surface area (Å²) >= 11 is 0. The second-order valence-electron chi connectivity index (χ2n) is 5.03. The molecule has 0 saturated carbocycles. The fraction of sp³-hybridized carbons (Fsp3) is 0.727. The van der Waals surface area contributed by atoms with E-state index in [2.05, 4.69) is 0 Å². The van der Waals surface area contributed by atoms with E-state index in [1.807, 2.05) is 21.1 Å². The topological polar surface area (TPSA) is 83.5 Å². The Labute approximate surface area is 101 Å². The molecule has 0 aromatic carbocycles. The molecule has 0 fully saturated rings. The minimum atomic E-state index is -1.28. The van der Waals surface area contributed by atoms with E-state index in [0.717, 1.165) is 0 Å². The number of carboxylic acids is 1. The molecule has 0 heterocycles. The van der Waals surface area contributed by atoms with E-state index in [9.17, 15) is 19.5 Å². The standard InChI is InChI=1S/C11H19NO5/c1-8(7-13)11(16)17-9(5-10(14)15)6-12(2,3)4/h7-9H,5-6H2,1-4H3. The summed E-state index contributed by atoms with van der Waals surface area (Å²) in [7, 11) is 5.54. The van der Waals surface area contributed by atoms with Crippen molar-refractivity contribution in [3.8, 4) is 0 Å². The lowest BCUT2D eigenvalue weighted by Crippen LogP contribution is -2.45. The number of hydrogen-bond donors (Lipinski definition) is 0. The lowest BCUT2D eigenvalue weighted by Gasteiger charge is -2.29. The van der Waals surface area contributed by atoms with E-state index in [0.29, 0.717) is 17.3 Å². The van der Waals surface area contributed by atoms with Gasteiger partial charge in [-0.1, -0.05) is 0 Å². The van der Waals surface area contributed by atoms with Gasteiger partial charge < -0.3 is 23.9 Å². The van der Waals surface area contributed by atoms with Gasteiger partial charge in [0.2, 0.25) is 0 Å². The van der Waals surface area contributed by atoms with E-state index < -0.39 is 24.0 Å². The molecule has 2 unspecified atom stereocenters. The Bertz CT molecular complexity index is 295. The molecule has 6 heteroatoms. The number of likely N-dealkylation sites (N-methyl/N-ethyl adjacent to an activating group) is 1. The van der Waals surface area contributed by atoms with Crippen molar-refractivity contribution in [2.75, 3.05) is 27.7 Å². The first kappa shape index (κ1) is 15.6. The maximum Gasteiger partial charge on any atom is 0.316 e. The Morgan fingerprint density at radius 3 is 2.24 bits per heavy atom. The Kier molecular flexibility index (Phi) is 5.81. The lowest BCUT2D eigenvalue weighted by atomic mass is 10.2. The van der Waals surface area contributed by atoms with Crippen LogP contribution in [0, 0.1) is 5.92 Å². The molecule has 6 nitrogen and oxygen atoms in total. The van der Waals surface area contributed by atoms with Crippen molar-refractivity contribution in [2.24, 2.45) is 5.92 Å². The van der Waals surface area contributed by atoms with Crippen molar-refractivity contribution in [1.82, 2.24) is 0 Å². The average Bonchev–Trinajstić information content (AvgIpc) is 2.12. The van der Waals surface area contributed by atoms with Gasteiger partial charge in [-0.2, -0.15) is 0 Å². The van der Waals surface area contributed by atoms with Gasteiger partial charge in [0.25, 0.3) is 0 Å². The van der Waals surface area contributed by atoms with Gasteiger partial charge in [0, 0.05) is 12.4 Å². The van der Waals surface area contributed by atoms with Gasteiger partial charge >= 0.3 is 5.97 Å². The summed E-state index contributed by atoms with van der Waals surface area (Å²) in [6.07, 6.45) is -0.688. The van der Waals surface area contributed by atoms with E-state index >= 15 is 0 Å². The molecule has 0 bridgehead atoms. The first-order valence-corrected chi connectivity index (χ1v) is 5.32. The van der Waals surface area contributed by atoms with E-state index in [1.54, 1.807) is 0 Å². The van der Waals surface area contributed by atoms with Crippen LogP contribution in [-0.2, 0) is 19.1 Å². The maximum atomic E-state index is 11.4. The number of aldehydes is 1. The number of rotatable bonds is 7. The second kappa shape index (κ2) is 6.34. The van der Waals surface area contributed by atoms with E-state index in [4.69, 9.17) is 4.74 Å². The highest BCUT2D eigenvalue weighted by Gasteiger charge is 2.24. The van der Waals surface area contributed by atoms with Gasteiger partial charge in [0.15, 0.2) is 6.10 Å². The Morgan fingerprint density at radius 2 is 1.88 bits per heavy atom. The Balaban J connectivity index is 4.53. The van der Waals surface area contributed by atoms with E-state index in [1.165, 1.54) is 6.92 Å². The molecule has 0 N–H and O–H groups in total. The summed E-state index contributed by atoms with van der Waals surface area (Å²) in [6, 6.07) is 0. The third-order valence-electron chi connectivity index (χ3n) is 2.00. The van der Waals surface area contributed by atoms with Crippen LogP contribution in [-0.4, -0.2) is 56.5 Å². The third kappa shape index (κ3) is 7.46. The van der Waals surface area contributed by atoms with Crippen molar-refractivity contribution >= 4 is 18.2 Å². The second-order valence-corrected chi connectivity index (χ2v) is 5.03. The van der Waals surface area contributed by atoms with Crippen molar-refractivity contribution in [3.05, 3.63) is 0 Å². The Hall–Kier alpha value is -1.43. The van der Waals surface area contributed by atoms with Gasteiger partial charge in [-0.3, -0.25) is 4.79 Å². The highest BCUT2D eigenvalue weighted by atomic mass is 16.5. The number of carboxylic acid groups (broad SMARTS) is 1. The number of aliphatic carboxylic acids is 1. The fourth-order valence-electron chi connectivity index (χ4n) is 1.27. The summed E-state index contributed by atoms with van der Waals surface area (Å²) in [5.74, 6) is -2.87. The van der Waals surface area contributed by atoms with Crippen LogP contribution in [0.4, 0.5) is 0 Å². The minimum Gasteiger partial charge on any atom is -0.550 e. The molecule has 0 aliphatic heterocycles. The zero-order valence-corrected chi connectivity index (χ0v) is 10.6.